The van der Waals surface area contributed by atoms with Crippen molar-refractivity contribution in [2.45, 2.75) is 71.4 Å². The summed E-state index contributed by atoms with van der Waals surface area (Å²) in [6, 6.07) is 13.5. The zero-order valence-electron chi connectivity index (χ0n) is 23.4. The third-order valence-electron chi connectivity index (χ3n) is 6.75. The zero-order chi connectivity index (χ0) is 28.7. The Labute approximate surface area is 231 Å². The SMILES string of the molecule is CCCCC(=O)N(C)[C@H](C(=O)NCc1ccc(-c2ccccc2S(=O)(=O)Nc2noc(C)c2C)cc1)C(C)C. The number of amides is 2. The van der Waals surface area contributed by atoms with Gasteiger partial charge in [-0.3, -0.25) is 14.3 Å². The van der Waals surface area contributed by atoms with Crippen molar-refractivity contribution in [3.63, 3.8) is 0 Å². The van der Waals surface area contributed by atoms with Crippen molar-refractivity contribution in [1.29, 1.82) is 0 Å². The molecule has 1 heterocycles. The molecule has 3 aromatic rings. The maximum atomic E-state index is 13.2. The standard InChI is InChI=1S/C29H38N4O5S/c1-7-8-13-26(34)33(6)27(19(2)3)29(35)30-18-22-14-16-23(17-15-22)24-11-9-10-12-25(24)39(36,37)32-28-20(4)21(5)38-31-28/h9-12,14-17,19,27H,7-8,13,18H2,1-6H3,(H,30,35)(H,31,32)/t27-/m0/s1. The Bertz CT molecular complexity index is 1400. The van der Waals surface area contributed by atoms with E-state index >= 15 is 0 Å². The van der Waals surface area contributed by atoms with Crippen LogP contribution in [0.3, 0.4) is 0 Å². The Kier molecular flexibility index (Phi) is 9.91. The molecule has 0 aliphatic carbocycles. The van der Waals surface area contributed by atoms with Crippen molar-refractivity contribution in [1.82, 2.24) is 15.4 Å². The van der Waals surface area contributed by atoms with Crippen LogP contribution in [0.4, 0.5) is 5.82 Å². The molecule has 2 amide bonds. The molecule has 0 saturated heterocycles. The highest BCUT2D eigenvalue weighted by atomic mass is 32.2. The molecule has 0 spiro atoms. The highest BCUT2D eigenvalue weighted by molar-refractivity contribution is 7.92. The number of hydrogen-bond acceptors (Lipinski definition) is 6. The van der Waals surface area contributed by atoms with Crippen LogP contribution in [0.1, 0.15) is 56.9 Å². The molecule has 9 nitrogen and oxygen atoms in total. The van der Waals surface area contributed by atoms with Gasteiger partial charge < -0.3 is 14.7 Å². The Hall–Kier alpha value is -3.66. The number of carbonyl (C=O) groups is 2. The fourth-order valence-corrected chi connectivity index (χ4v) is 5.60. The quantitative estimate of drug-likeness (QED) is 0.323. The van der Waals surface area contributed by atoms with Gasteiger partial charge in [-0.25, -0.2) is 8.42 Å². The summed E-state index contributed by atoms with van der Waals surface area (Å²) in [5, 5.41) is 6.76. The van der Waals surface area contributed by atoms with Crippen LogP contribution in [0.25, 0.3) is 11.1 Å². The van der Waals surface area contributed by atoms with E-state index in [1.165, 1.54) is 0 Å². The van der Waals surface area contributed by atoms with E-state index in [1.54, 1.807) is 50.1 Å². The topological polar surface area (TPSA) is 122 Å². The first-order valence-electron chi connectivity index (χ1n) is 13.1. The van der Waals surface area contributed by atoms with Crippen LogP contribution in [0.5, 0.6) is 0 Å². The first kappa shape index (κ1) is 29.9. The number of unbranched alkanes of at least 4 members (excludes halogenated alkanes) is 1. The summed E-state index contributed by atoms with van der Waals surface area (Å²) in [7, 11) is -2.25. The second-order valence-corrected chi connectivity index (χ2v) is 11.7. The van der Waals surface area contributed by atoms with Crippen molar-refractivity contribution >= 4 is 27.7 Å². The third-order valence-corrected chi connectivity index (χ3v) is 8.15. The Morgan fingerprint density at radius 2 is 1.72 bits per heavy atom. The lowest BCUT2D eigenvalue weighted by molar-refractivity contribution is -0.140. The van der Waals surface area contributed by atoms with Gasteiger partial charge in [-0.2, -0.15) is 0 Å². The Morgan fingerprint density at radius 3 is 2.31 bits per heavy atom. The number of rotatable bonds is 12. The van der Waals surface area contributed by atoms with Crippen LogP contribution >= 0.6 is 0 Å². The van der Waals surface area contributed by atoms with E-state index in [0.29, 0.717) is 28.9 Å². The van der Waals surface area contributed by atoms with Gasteiger partial charge in [-0.1, -0.05) is 74.8 Å². The lowest BCUT2D eigenvalue weighted by atomic mass is 10.0. The average Bonchev–Trinajstić information content (AvgIpc) is 3.22. The molecule has 1 atom stereocenters. The molecule has 0 aliphatic heterocycles. The predicted molar refractivity (Wildman–Crippen MR) is 151 cm³/mol. The van der Waals surface area contributed by atoms with Gasteiger partial charge in [0.1, 0.15) is 11.8 Å². The maximum Gasteiger partial charge on any atom is 0.263 e. The number of hydrogen-bond donors (Lipinski definition) is 2. The number of benzene rings is 2. The highest BCUT2D eigenvalue weighted by Gasteiger charge is 2.29. The monoisotopic (exact) mass is 554 g/mol. The number of aryl methyl sites for hydroxylation is 1. The van der Waals surface area contributed by atoms with E-state index in [-0.39, 0.29) is 35.0 Å². The molecule has 210 valence electrons. The lowest BCUT2D eigenvalue weighted by Gasteiger charge is -2.30. The lowest BCUT2D eigenvalue weighted by Crippen LogP contribution is -2.50. The van der Waals surface area contributed by atoms with E-state index in [9.17, 15) is 18.0 Å². The number of sulfonamides is 1. The molecule has 10 heteroatoms. The highest BCUT2D eigenvalue weighted by Crippen LogP contribution is 2.30. The molecule has 0 unspecified atom stereocenters. The number of nitrogens with one attached hydrogen (secondary N) is 2. The largest absolute Gasteiger partial charge is 0.359 e. The first-order chi connectivity index (χ1) is 18.5. The first-order valence-corrected chi connectivity index (χ1v) is 14.6. The van der Waals surface area contributed by atoms with Gasteiger partial charge in [0.05, 0.1) is 4.90 Å². The van der Waals surface area contributed by atoms with E-state index < -0.39 is 16.1 Å². The number of aromatic nitrogens is 1. The van der Waals surface area contributed by atoms with Gasteiger partial charge in [-0.15, -0.1) is 0 Å². The predicted octanol–water partition coefficient (Wildman–Crippen LogP) is 5.05. The average molecular weight is 555 g/mol. The summed E-state index contributed by atoms with van der Waals surface area (Å²) >= 11 is 0. The summed E-state index contributed by atoms with van der Waals surface area (Å²) in [6.45, 7) is 9.61. The molecule has 39 heavy (non-hydrogen) atoms. The number of likely N-dealkylation sites (N-methyl/N-ethyl adjacent to an activating group) is 1. The van der Waals surface area contributed by atoms with Gasteiger partial charge in [0.15, 0.2) is 5.82 Å². The van der Waals surface area contributed by atoms with E-state index in [0.717, 1.165) is 18.4 Å². The van der Waals surface area contributed by atoms with Crippen molar-refractivity contribution in [3.8, 4) is 11.1 Å². The van der Waals surface area contributed by atoms with Gasteiger partial charge in [0.2, 0.25) is 11.8 Å². The summed E-state index contributed by atoms with van der Waals surface area (Å²) in [6.07, 6.45) is 2.14. The summed E-state index contributed by atoms with van der Waals surface area (Å²) in [5.41, 5.74) is 2.71. The van der Waals surface area contributed by atoms with E-state index in [4.69, 9.17) is 4.52 Å². The molecular weight excluding hydrogens is 516 g/mol. The van der Waals surface area contributed by atoms with Gasteiger partial charge in [0.25, 0.3) is 10.0 Å². The van der Waals surface area contributed by atoms with Gasteiger partial charge >= 0.3 is 0 Å². The molecule has 0 fully saturated rings. The molecule has 1 aromatic heterocycles. The fourth-order valence-electron chi connectivity index (χ4n) is 4.32. The van der Waals surface area contributed by atoms with E-state index in [2.05, 4.69) is 15.2 Å². The molecule has 0 saturated carbocycles. The minimum Gasteiger partial charge on any atom is -0.359 e. The van der Waals surface area contributed by atoms with Crippen molar-refractivity contribution in [3.05, 3.63) is 65.4 Å². The van der Waals surface area contributed by atoms with Gasteiger partial charge in [0, 0.05) is 31.1 Å². The van der Waals surface area contributed by atoms with Crippen molar-refractivity contribution in [2.75, 3.05) is 11.8 Å². The normalized spacial score (nSPS) is 12.3. The van der Waals surface area contributed by atoms with Crippen LogP contribution in [-0.2, 0) is 26.2 Å². The zero-order valence-corrected chi connectivity index (χ0v) is 24.3. The number of carbonyl (C=O) groups excluding carboxylic acids is 2. The molecule has 2 aromatic carbocycles. The molecule has 0 aliphatic rings. The molecular formula is C29H38N4O5S. The van der Waals surface area contributed by atoms with Crippen LogP contribution in [0.15, 0.2) is 57.9 Å². The minimum absolute atomic E-state index is 0.0352. The Balaban J connectivity index is 1.73. The molecule has 0 radical (unpaired) electrons. The Morgan fingerprint density at radius 1 is 1.05 bits per heavy atom. The third kappa shape index (κ3) is 7.26. The van der Waals surface area contributed by atoms with Crippen LogP contribution in [0, 0.1) is 19.8 Å². The maximum absolute atomic E-state index is 13.2. The fraction of sp³-hybridized carbons (Fsp3) is 0.414. The smallest absolute Gasteiger partial charge is 0.263 e. The van der Waals surface area contributed by atoms with Crippen LogP contribution < -0.4 is 10.0 Å². The van der Waals surface area contributed by atoms with E-state index in [1.807, 2.05) is 45.0 Å². The van der Waals surface area contributed by atoms with Crippen molar-refractivity contribution in [2.24, 2.45) is 5.92 Å². The van der Waals surface area contributed by atoms with Crippen LogP contribution in [0.2, 0.25) is 0 Å². The second kappa shape index (κ2) is 12.9. The number of nitrogens with zero attached hydrogens (tertiary/aromatic N) is 2. The van der Waals surface area contributed by atoms with Crippen LogP contribution in [-0.4, -0.2) is 43.4 Å². The summed E-state index contributed by atoms with van der Waals surface area (Å²) in [4.78, 5) is 27.2. The summed E-state index contributed by atoms with van der Waals surface area (Å²) in [5.74, 6) is 0.415. The molecule has 2 N–H and O–H groups in total. The molecule has 0 bridgehead atoms. The number of anilines is 1. The second-order valence-electron chi connectivity index (χ2n) is 10.0. The summed E-state index contributed by atoms with van der Waals surface area (Å²) < 4.78 is 34.0. The minimum atomic E-state index is -3.93. The molecule has 3 rings (SSSR count). The van der Waals surface area contributed by atoms with Gasteiger partial charge in [-0.05, 0) is 43.4 Å². The van der Waals surface area contributed by atoms with Crippen molar-refractivity contribution < 1.29 is 22.5 Å².